The van der Waals surface area contributed by atoms with Gasteiger partial charge in [-0.2, -0.15) is 0 Å². The molecule has 0 N–H and O–H groups in total. The molecule has 16 heavy (non-hydrogen) atoms. The molecule has 2 heteroatoms. The van der Waals surface area contributed by atoms with Gasteiger partial charge < -0.3 is 4.74 Å². The Labute approximate surface area is 107 Å². The van der Waals surface area contributed by atoms with Crippen LogP contribution in [0.3, 0.4) is 0 Å². The molecule has 0 radical (unpaired) electrons. The minimum Gasteiger partial charge on any atom is -0.496 e. The lowest BCUT2D eigenvalue weighted by Crippen LogP contribution is -1.96. The Morgan fingerprint density at radius 2 is 2.19 bits per heavy atom. The SMILES string of the molecule is C/C=C\CC(CC)c1ccc(OC)c(Br)c1. The van der Waals surface area contributed by atoms with Gasteiger partial charge in [-0.3, -0.25) is 0 Å². The maximum atomic E-state index is 5.23. The number of ether oxygens (including phenoxy) is 1. The van der Waals surface area contributed by atoms with E-state index in [-0.39, 0.29) is 0 Å². The fourth-order valence-electron chi connectivity index (χ4n) is 1.78. The van der Waals surface area contributed by atoms with E-state index in [2.05, 4.69) is 54.1 Å². The van der Waals surface area contributed by atoms with Gasteiger partial charge in [0.1, 0.15) is 5.75 Å². The molecule has 1 nitrogen and oxygen atoms in total. The third-order valence-electron chi connectivity index (χ3n) is 2.80. The van der Waals surface area contributed by atoms with Crippen molar-refractivity contribution in [1.82, 2.24) is 0 Å². The van der Waals surface area contributed by atoms with Crippen molar-refractivity contribution in [2.24, 2.45) is 0 Å². The van der Waals surface area contributed by atoms with Gasteiger partial charge in [-0.15, -0.1) is 0 Å². The van der Waals surface area contributed by atoms with E-state index >= 15 is 0 Å². The maximum absolute atomic E-state index is 5.23. The molecule has 0 aliphatic heterocycles. The Hall–Kier alpha value is -0.760. The van der Waals surface area contributed by atoms with Crippen LogP contribution in [0, 0.1) is 0 Å². The monoisotopic (exact) mass is 282 g/mol. The highest BCUT2D eigenvalue weighted by molar-refractivity contribution is 9.10. The van der Waals surface area contributed by atoms with E-state index in [9.17, 15) is 0 Å². The maximum Gasteiger partial charge on any atom is 0.133 e. The Morgan fingerprint density at radius 1 is 1.44 bits per heavy atom. The van der Waals surface area contributed by atoms with Crippen LogP contribution in [0.2, 0.25) is 0 Å². The zero-order valence-electron chi connectivity index (χ0n) is 10.2. The summed E-state index contributed by atoms with van der Waals surface area (Å²) in [6.45, 7) is 4.29. The number of halogens is 1. The molecule has 0 bridgehead atoms. The van der Waals surface area contributed by atoms with Crippen molar-refractivity contribution in [3.05, 3.63) is 40.4 Å². The standard InChI is InChI=1S/C14H19BrO/c1-4-6-7-11(5-2)12-8-9-14(16-3)13(15)10-12/h4,6,8-11H,5,7H2,1-3H3/b6-4-. The minimum atomic E-state index is 0.596. The summed E-state index contributed by atoms with van der Waals surface area (Å²) >= 11 is 3.53. The van der Waals surface area contributed by atoms with Crippen LogP contribution in [0.4, 0.5) is 0 Å². The molecular weight excluding hydrogens is 264 g/mol. The molecule has 1 aromatic carbocycles. The first-order valence-electron chi connectivity index (χ1n) is 5.67. The Morgan fingerprint density at radius 3 is 2.69 bits per heavy atom. The number of benzene rings is 1. The van der Waals surface area contributed by atoms with Crippen LogP contribution >= 0.6 is 15.9 Å². The lowest BCUT2D eigenvalue weighted by atomic mass is 9.93. The summed E-state index contributed by atoms with van der Waals surface area (Å²) in [6.07, 6.45) is 6.60. The van der Waals surface area contributed by atoms with E-state index in [0.29, 0.717) is 5.92 Å². The highest BCUT2D eigenvalue weighted by Crippen LogP contribution is 2.31. The quantitative estimate of drug-likeness (QED) is 0.697. The second-order valence-corrected chi connectivity index (χ2v) is 4.66. The second kappa shape index (κ2) is 6.74. The molecule has 0 saturated carbocycles. The Bertz CT molecular complexity index is 358. The largest absolute Gasteiger partial charge is 0.496 e. The van der Waals surface area contributed by atoms with Gasteiger partial charge in [-0.1, -0.05) is 25.1 Å². The number of hydrogen-bond acceptors (Lipinski definition) is 1. The first-order chi connectivity index (χ1) is 7.72. The summed E-state index contributed by atoms with van der Waals surface area (Å²) < 4.78 is 6.27. The smallest absolute Gasteiger partial charge is 0.133 e. The van der Waals surface area contributed by atoms with Crippen LogP contribution in [-0.2, 0) is 0 Å². The van der Waals surface area contributed by atoms with E-state index in [1.165, 1.54) is 5.56 Å². The van der Waals surface area contributed by atoms with Gasteiger partial charge in [0, 0.05) is 0 Å². The summed E-state index contributed by atoms with van der Waals surface area (Å²) in [5.41, 5.74) is 1.37. The fourth-order valence-corrected chi connectivity index (χ4v) is 2.33. The van der Waals surface area contributed by atoms with Crippen molar-refractivity contribution in [2.45, 2.75) is 32.6 Å². The second-order valence-electron chi connectivity index (χ2n) is 3.80. The number of methoxy groups -OCH3 is 1. The average molecular weight is 283 g/mol. The summed E-state index contributed by atoms with van der Waals surface area (Å²) in [4.78, 5) is 0. The van der Waals surface area contributed by atoms with Crippen LogP contribution in [0.25, 0.3) is 0 Å². The van der Waals surface area contributed by atoms with Gasteiger partial charge in [0.15, 0.2) is 0 Å². The molecule has 0 spiro atoms. The van der Waals surface area contributed by atoms with Gasteiger partial charge >= 0.3 is 0 Å². The molecule has 1 aromatic rings. The Kier molecular flexibility index (Phi) is 5.61. The molecule has 0 heterocycles. The van der Waals surface area contributed by atoms with E-state index in [1.807, 2.05) is 6.07 Å². The van der Waals surface area contributed by atoms with Crippen LogP contribution < -0.4 is 4.74 Å². The molecule has 1 atom stereocenters. The molecule has 0 aliphatic rings. The zero-order chi connectivity index (χ0) is 12.0. The summed E-state index contributed by atoms with van der Waals surface area (Å²) in [5.74, 6) is 1.49. The van der Waals surface area contributed by atoms with Crippen molar-refractivity contribution in [3.63, 3.8) is 0 Å². The van der Waals surface area contributed by atoms with Gasteiger partial charge in [0.2, 0.25) is 0 Å². The molecule has 0 saturated heterocycles. The van der Waals surface area contributed by atoms with Crippen LogP contribution in [0.1, 0.15) is 38.2 Å². The summed E-state index contributed by atoms with van der Waals surface area (Å²) in [7, 11) is 1.69. The normalized spacial score (nSPS) is 13.0. The van der Waals surface area contributed by atoms with E-state index in [4.69, 9.17) is 4.74 Å². The van der Waals surface area contributed by atoms with E-state index in [0.717, 1.165) is 23.1 Å². The third-order valence-corrected chi connectivity index (χ3v) is 3.42. The number of allylic oxidation sites excluding steroid dienone is 2. The van der Waals surface area contributed by atoms with E-state index in [1.54, 1.807) is 7.11 Å². The fraction of sp³-hybridized carbons (Fsp3) is 0.429. The molecule has 1 rings (SSSR count). The van der Waals surface area contributed by atoms with Gasteiger partial charge in [0.05, 0.1) is 11.6 Å². The van der Waals surface area contributed by atoms with Crippen LogP contribution in [-0.4, -0.2) is 7.11 Å². The molecule has 0 aliphatic carbocycles. The zero-order valence-corrected chi connectivity index (χ0v) is 11.8. The molecule has 0 aromatic heterocycles. The van der Waals surface area contributed by atoms with Gasteiger partial charge in [0.25, 0.3) is 0 Å². The van der Waals surface area contributed by atoms with Crippen molar-refractivity contribution in [2.75, 3.05) is 7.11 Å². The lowest BCUT2D eigenvalue weighted by molar-refractivity contribution is 0.412. The highest BCUT2D eigenvalue weighted by Gasteiger charge is 2.09. The molecule has 0 amide bonds. The van der Waals surface area contributed by atoms with Gasteiger partial charge in [-0.25, -0.2) is 0 Å². The third kappa shape index (κ3) is 3.38. The predicted octanol–water partition coefficient (Wildman–Crippen LogP) is 4.92. The summed E-state index contributed by atoms with van der Waals surface area (Å²) in [5, 5.41) is 0. The highest BCUT2D eigenvalue weighted by atomic mass is 79.9. The molecule has 88 valence electrons. The van der Waals surface area contributed by atoms with Crippen molar-refractivity contribution in [1.29, 1.82) is 0 Å². The minimum absolute atomic E-state index is 0.596. The Balaban J connectivity index is 2.89. The molecule has 1 unspecified atom stereocenters. The summed E-state index contributed by atoms with van der Waals surface area (Å²) in [6, 6.07) is 6.34. The average Bonchev–Trinajstić information content (AvgIpc) is 2.30. The van der Waals surface area contributed by atoms with Gasteiger partial charge in [-0.05, 0) is 59.3 Å². The topological polar surface area (TPSA) is 9.23 Å². The van der Waals surface area contributed by atoms with E-state index < -0.39 is 0 Å². The van der Waals surface area contributed by atoms with Crippen molar-refractivity contribution in [3.8, 4) is 5.75 Å². The first-order valence-corrected chi connectivity index (χ1v) is 6.46. The van der Waals surface area contributed by atoms with Crippen molar-refractivity contribution < 1.29 is 4.74 Å². The van der Waals surface area contributed by atoms with Crippen molar-refractivity contribution >= 4 is 15.9 Å². The predicted molar refractivity (Wildman–Crippen MR) is 73.2 cm³/mol. The molecule has 0 fully saturated rings. The first kappa shape index (κ1) is 13.3. The van der Waals surface area contributed by atoms with Crippen LogP contribution in [0.5, 0.6) is 5.75 Å². The number of hydrogen-bond donors (Lipinski definition) is 0. The van der Waals surface area contributed by atoms with Crippen LogP contribution in [0.15, 0.2) is 34.8 Å². The molecular formula is C14H19BrO. The lowest BCUT2D eigenvalue weighted by Gasteiger charge is -2.14. The number of rotatable bonds is 5.